The number of aromatic nitrogens is 3. The highest BCUT2D eigenvalue weighted by molar-refractivity contribution is 7.19. The van der Waals surface area contributed by atoms with Gasteiger partial charge in [0, 0.05) is 23.5 Å². The molecule has 3 aromatic heterocycles. The van der Waals surface area contributed by atoms with Crippen molar-refractivity contribution in [1.29, 1.82) is 0 Å². The minimum absolute atomic E-state index is 0.0607. The third-order valence-corrected chi connectivity index (χ3v) is 7.81. The molecule has 1 aliphatic carbocycles. The van der Waals surface area contributed by atoms with Crippen LogP contribution in [0.3, 0.4) is 0 Å². The van der Waals surface area contributed by atoms with E-state index in [0.717, 1.165) is 44.8 Å². The number of carbonyl (C=O) groups is 1. The third-order valence-electron chi connectivity index (χ3n) is 5.80. The number of rotatable bonds is 5. The van der Waals surface area contributed by atoms with Gasteiger partial charge >= 0.3 is 4.87 Å². The number of anilines is 2. The van der Waals surface area contributed by atoms with E-state index in [2.05, 4.69) is 25.1 Å². The lowest BCUT2D eigenvalue weighted by atomic mass is 9.87. The third kappa shape index (κ3) is 3.74. The number of nitrogens with zero attached hydrogens (tertiary/aromatic N) is 4. The van der Waals surface area contributed by atoms with Crippen molar-refractivity contribution >= 4 is 60.5 Å². The number of hydrogen-bond donors (Lipinski definition) is 2. The minimum Gasteiger partial charge on any atom is -0.340 e. The van der Waals surface area contributed by atoms with E-state index in [-0.39, 0.29) is 16.7 Å². The maximum Gasteiger partial charge on any atom is 0.305 e. The molecule has 162 valence electrons. The van der Waals surface area contributed by atoms with Gasteiger partial charge in [0.1, 0.15) is 17.0 Å². The van der Waals surface area contributed by atoms with Crippen LogP contribution in [0, 0.1) is 12.5 Å². The van der Waals surface area contributed by atoms with Crippen LogP contribution in [0.5, 0.6) is 0 Å². The summed E-state index contributed by atoms with van der Waals surface area (Å²) in [4.78, 5) is 43.3. The van der Waals surface area contributed by atoms with Crippen molar-refractivity contribution < 1.29 is 4.79 Å². The fourth-order valence-electron chi connectivity index (χ4n) is 4.20. The molecule has 1 aromatic carbocycles. The number of benzene rings is 1. The number of H-pyrrole nitrogens is 1. The zero-order chi connectivity index (χ0) is 22.2. The standard InChI is InChI=1S/C22H20N6O2S2/c1-23-7-8-28(2)21(29)12-3-5-14-16(9-12)31-20-18(14)19(24-11-25-20)26-13-4-6-15-17(10-13)32-22(30)27-15/h4,6,10-12H,3,5,7-9H2,2H3,(H,27,30)(H,24,25,26). The van der Waals surface area contributed by atoms with Crippen LogP contribution in [-0.2, 0) is 17.6 Å². The molecular weight excluding hydrogens is 444 g/mol. The Kier molecular flexibility index (Phi) is 5.36. The topological polar surface area (TPSA) is 95.3 Å². The number of nitrogens with one attached hydrogen (secondary N) is 2. The van der Waals surface area contributed by atoms with E-state index in [1.165, 1.54) is 21.8 Å². The molecule has 32 heavy (non-hydrogen) atoms. The Morgan fingerprint density at radius 1 is 1.38 bits per heavy atom. The van der Waals surface area contributed by atoms with Crippen LogP contribution in [0.15, 0.2) is 29.3 Å². The number of hydrogen-bond acceptors (Lipinski definition) is 7. The predicted molar refractivity (Wildman–Crippen MR) is 128 cm³/mol. The van der Waals surface area contributed by atoms with Crippen molar-refractivity contribution in [1.82, 2.24) is 19.9 Å². The number of amides is 1. The minimum atomic E-state index is -0.0719. The van der Waals surface area contributed by atoms with Gasteiger partial charge in [0.15, 0.2) is 0 Å². The van der Waals surface area contributed by atoms with Gasteiger partial charge in [-0.1, -0.05) is 11.3 Å². The van der Waals surface area contributed by atoms with Gasteiger partial charge in [-0.2, -0.15) is 0 Å². The molecule has 1 unspecified atom stereocenters. The Morgan fingerprint density at radius 2 is 2.25 bits per heavy atom. The molecule has 8 nitrogen and oxygen atoms in total. The summed E-state index contributed by atoms with van der Waals surface area (Å²) in [5, 5.41) is 4.42. The second kappa shape index (κ2) is 8.33. The van der Waals surface area contributed by atoms with Crippen molar-refractivity contribution in [2.75, 3.05) is 25.5 Å². The van der Waals surface area contributed by atoms with Crippen molar-refractivity contribution in [3.8, 4) is 0 Å². The Morgan fingerprint density at radius 3 is 3.09 bits per heavy atom. The number of fused-ring (bicyclic) bond motifs is 4. The lowest BCUT2D eigenvalue weighted by Crippen LogP contribution is -2.36. The van der Waals surface area contributed by atoms with Crippen LogP contribution in [0.25, 0.3) is 25.3 Å². The van der Waals surface area contributed by atoms with Gasteiger partial charge in [0.2, 0.25) is 12.5 Å². The number of likely N-dealkylation sites (N-methyl/N-ethyl adjacent to an activating group) is 1. The molecule has 1 aliphatic rings. The van der Waals surface area contributed by atoms with Crippen molar-refractivity contribution in [2.24, 2.45) is 5.92 Å². The SMILES string of the molecule is [C-]#[N+]CCN(C)C(=O)C1CCc2c(sc3ncnc(Nc4ccc5[nH]c(=O)sc5c4)c23)C1. The first-order valence-electron chi connectivity index (χ1n) is 10.3. The van der Waals surface area contributed by atoms with Crippen LogP contribution in [0.2, 0.25) is 0 Å². The van der Waals surface area contributed by atoms with Crippen molar-refractivity contribution in [2.45, 2.75) is 19.3 Å². The molecule has 1 amide bonds. The average molecular weight is 465 g/mol. The van der Waals surface area contributed by atoms with Gasteiger partial charge in [-0.05, 0) is 43.0 Å². The van der Waals surface area contributed by atoms with Gasteiger partial charge in [0.25, 0.3) is 0 Å². The van der Waals surface area contributed by atoms with E-state index in [9.17, 15) is 9.59 Å². The summed E-state index contributed by atoms with van der Waals surface area (Å²) in [7, 11) is 1.78. The number of aromatic amines is 1. The van der Waals surface area contributed by atoms with Gasteiger partial charge in [-0.3, -0.25) is 9.59 Å². The van der Waals surface area contributed by atoms with E-state index >= 15 is 0 Å². The molecule has 3 heterocycles. The summed E-state index contributed by atoms with van der Waals surface area (Å²) in [6.45, 7) is 7.74. The van der Waals surface area contributed by atoms with Gasteiger partial charge in [-0.25, -0.2) is 16.5 Å². The molecule has 0 saturated carbocycles. The molecule has 0 radical (unpaired) electrons. The largest absolute Gasteiger partial charge is 0.340 e. The fourth-order valence-corrected chi connectivity index (χ4v) is 6.24. The number of thiophene rings is 1. The molecule has 2 N–H and O–H groups in total. The molecule has 5 rings (SSSR count). The van der Waals surface area contributed by atoms with E-state index in [1.54, 1.807) is 29.6 Å². The van der Waals surface area contributed by atoms with Crippen LogP contribution in [0.4, 0.5) is 11.5 Å². The van der Waals surface area contributed by atoms with Gasteiger partial charge < -0.3 is 20.0 Å². The Labute approximate surface area is 191 Å². The predicted octanol–water partition coefficient (Wildman–Crippen LogP) is 3.82. The molecule has 0 saturated heterocycles. The lowest BCUT2D eigenvalue weighted by molar-refractivity contribution is -0.134. The Hall–Kier alpha value is -3.29. The lowest BCUT2D eigenvalue weighted by Gasteiger charge is -2.25. The highest BCUT2D eigenvalue weighted by Gasteiger charge is 2.30. The average Bonchev–Trinajstić information content (AvgIpc) is 3.35. The Balaban J connectivity index is 1.43. The van der Waals surface area contributed by atoms with E-state index < -0.39 is 0 Å². The van der Waals surface area contributed by atoms with Crippen LogP contribution >= 0.6 is 22.7 Å². The van der Waals surface area contributed by atoms with Gasteiger partial charge in [0.05, 0.1) is 22.1 Å². The van der Waals surface area contributed by atoms with Crippen LogP contribution in [-0.4, -0.2) is 45.9 Å². The van der Waals surface area contributed by atoms with Gasteiger partial charge in [-0.15, -0.1) is 11.3 Å². The zero-order valence-electron chi connectivity index (χ0n) is 17.3. The fraction of sp³-hybridized carbons (Fsp3) is 0.318. The zero-order valence-corrected chi connectivity index (χ0v) is 19.0. The normalized spacial score (nSPS) is 15.4. The quantitative estimate of drug-likeness (QED) is 0.438. The summed E-state index contributed by atoms with van der Waals surface area (Å²) in [6, 6.07) is 5.75. The molecule has 1 atom stereocenters. The van der Waals surface area contributed by atoms with E-state index in [1.807, 2.05) is 18.2 Å². The highest BCUT2D eigenvalue weighted by atomic mass is 32.1. The molecule has 0 bridgehead atoms. The van der Waals surface area contributed by atoms with Crippen molar-refractivity contribution in [3.63, 3.8) is 0 Å². The van der Waals surface area contributed by atoms with Crippen LogP contribution in [0.1, 0.15) is 16.9 Å². The monoisotopic (exact) mass is 464 g/mol. The maximum atomic E-state index is 12.8. The molecular formula is C22H20N6O2S2. The second-order valence-corrected chi connectivity index (χ2v) is 9.94. The number of carbonyl (C=O) groups excluding carboxylic acids is 1. The number of thiazole rings is 1. The first kappa shape index (κ1) is 20.6. The summed E-state index contributed by atoms with van der Waals surface area (Å²) in [5.41, 5.74) is 2.90. The van der Waals surface area contributed by atoms with Crippen LogP contribution < -0.4 is 10.2 Å². The van der Waals surface area contributed by atoms with E-state index in [0.29, 0.717) is 19.5 Å². The first-order chi connectivity index (χ1) is 15.5. The second-order valence-electron chi connectivity index (χ2n) is 7.84. The molecule has 10 heteroatoms. The molecule has 0 spiro atoms. The maximum absolute atomic E-state index is 12.8. The van der Waals surface area contributed by atoms with E-state index in [4.69, 9.17) is 6.57 Å². The molecule has 0 fully saturated rings. The Bertz CT molecular complexity index is 1430. The van der Waals surface area contributed by atoms with Crippen molar-refractivity contribution in [3.05, 3.63) is 56.1 Å². The summed E-state index contributed by atoms with van der Waals surface area (Å²) >= 11 is 2.81. The summed E-state index contributed by atoms with van der Waals surface area (Å²) in [5.74, 6) is 0.795. The smallest absolute Gasteiger partial charge is 0.305 e. The number of aryl methyl sites for hydroxylation is 1. The molecule has 0 aliphatic heterocycles. The molecule has 4 aromatic rings. The highest BCUT2D eigenvalue weighted by Crippen LogP contribution is 2.40. The first-order valence-corrected chi connectivity index (χ1v) is 11.9. The summed E-state index contributed by atoms with van der Waals surface area (Å²) in [6.07, 6.45) is 3.82. The summed E-state index contributed by atoms with van der Waals surface area (Å²) < 4.78 is 0.890.